The zero-order valence-corrected chi connectivity index (χ0v) is 11.8. The van der Waals surface area contributed by atoms with Gasteiger partial charge in [0.2, 0.25) is 10.9 Å². The van der Waals surface area contributed by atoms with Crippen molar-refractivity contribution in [2.24, 2.45) is 0 Å². The van der Waals surface area contributed by atoms with Gasteiger partial charge in [0.15, 0.2) is 5.13 Å². The number of hydrogen-bond acceptors (Lipinski definition) is 6. The largest absolute Gasteiger partial charge is 0.475 e. The molecule has 0 saturated heterocycles. The van der Waals surface area contributed by atoms with Crippen LogP contribution >= 0.6 is 11.3 Å². The summed E-state index contributed by atoms with van der Waals surface area (Å²) in [6.07, 6.45) is 2.82. The summed E-state index contributed by atoms with van der Waals surface area (Å²) in [6, 6.07) is 2.20. The number of carbonyl (C=O) groups is 1. The highest BCUT2D eigenvalue weighted by atomic mass is 32.2. The Morgan fingerprint density at radius 1 is 1.40 bits per heavy atom. The van der Waals surface area contributed by atoms with Crippen LogP contribution in [-0.2, 0) is 22.9 Å². The first kappa shape index (κ1) is 13.1. The molecule has 0 fully saturated rings. The van der Waals surface area contributed by atoms with Crippen molar-refractivity contribution in [2.45, 2.75) is 24.4 Å². The van der Waals surface area contributed by atoms with Crippen LogP contribution < -0.4 is 4.72 Å². The molecule has 7 nitrogen and oxygen atoms in total. The Balaban J connectivity index is 1.85. The van der Waals surface area contributed by atoms with Gasteiger partial charge < -0.3 is 9.52 Å². The number of nitrogens with zero attached hydrogens (tertiary/aromatic N) is 1. The molecule has 0 bridgehead atoms. The Labute approximate surface area is 118 Å². The van der Waals surface area contributed by atoms with E-state index in [4.69, 9.17) is 9.52 Å². The van der Waals surface area contributed by atoms with Crippen LogP contribution in [0, 0.1) is 0 Å². The summed E-state index contributed by atoms with van der Waals surface area (Å²) in [5, 5.41) is 8.55. The van der Waals surface area contributed by atoms with Gasteiger partial charge in [0.1, 0.15) is 0 Å². The van der Waals surface area contributed by atoms with Gasteiger partial charge in [-0.15, -0.1) is 11.3 Å². The lowest BCUT2D eigenvalue weighted by Crippen LogP contribution is -2.12. The zero-order chi connectivity index (χ0) is 14.3. The lowest BCUT2D eigenvalue weighted by molar-refractivity contribution is 0.0656. The average Bonchev–Trinajstić information content (AvgIpc) is 3.01. The highest BCUT2D eigenvalue weighted by Crippen LogP contribution is 2.31. The van der Waals surface area contributed by atoms with Crippen LogP contribution in [0.5, 0.6) is 0 Å². The summed E-state index contributed by atoms with van der Waals surface area (Å²) in [5.74, 6) is -1.74. The van der Waals surface area contributed by atoms with Gasteiger partial charge in [0.05, 0.1) is 5.69 Å². The quantitative estimate of drug-likeness (QED) is 0.889. The molecule has 0 radical (unpaired) electrons. The maximum atomic E-state index is 12.0. The number of carboxylic acids is 1. The molecule has 2 heterocycles. The first-order valence-electron chi connectivity index (χ1n) is 5.80. The molecule has 0 saturated carbocycles. The summed E-state index contributed by atoms with van der Waals surface area (Å²) in [7, 11) is -3.95. The fourth-order valence-electron chi connectivity index (χ4n) is 1.98. The number of carboxylic acid groups (broad SMARTS) is 1. The van der Waals surface area contributed by atoms with E-state index in [0.29, 0.717) is 0 Å². The highest BCUT2D eigenvalue weighted by molar-refractivity contribution is 7.92. The third kappa shape index (κ3) is 2.29. The van der Waals surface area contributed by atoms with Crippen molar-refractivity contribution < 1.29 is 22.7 Å². The van der Waals surface area contributed by atoms with E-state index in [9.17, 15) is 13.2 Å². The first-order valence-corrected chi connectivity index (χ1v) is 8.10. The summed E-state index contributed by atoms with van der Waals surface area (Å²) < 4.78 is 31.2. The van der Waals surface area contributed by atoms with E-state index in [1.807, 2.05) is 0 Å². The van der Waals surface area contributed by atoms with Crippen LogP contribution in [0.25, 0.3) is 0 Å². The molecule has 3 rings (SSSR count). The molecule has 0 unspecified atom stereocenters. The molecular formula is C11H10N2O5S2. The predicted molar refractivity (Wildman–Crippen MR) is 70.6 cm³/mol. The molecule has 0 aliphatic heterocycles. The number of hydrogen-bond donors (Lipinski definition) is 2. The van der Waals surface area contributed by atoms with Crippen molar-refractivity contribution >= 4 is 32.5 Å². The number of fused-ring (bicyclic) bond motifs is 1. The number of nitrogens with one attached hydrogen (secondary N) is 1. The molecule has 1 aliphatic carbocycles. The Hall–Kier alpha value is -1.87. The lowest BCUT2D eigenvalue weighted by atomic mass is 10.4. The smallest absolute Gasteiger partial charge is 0.371 e. The average molecular weight is 314 g/mol. The van der Waals surface area contributed by atoms with Gasteiger partial charge in [-0.2, -0.15) is 8.42 Å². The standard InChI is InChI=1S/C11H10N2O5S2/c14-10(15)7-4-5-9(18-7)20(16,17)13-11-12-6-2-1-3-8(6)19-11/h4-5H,1-3H2,(H,12,13)(H,14,15). The van der Waals surface area contributed by atoms with Crippen LogP contribution in [0.1, 0.15) is 27.5 Å². The van der Waals surface area contributed by atoms with Gasteiger partial charge in [-0.1, -0.05) is 0 Å². The van der Waals surface area contributed by atoms with Crippen molar-refractivity contribution in [1.82, 2.24) is 4.98 Å². The van der Waals surface area contributed by atoms with Crippen LogP contribution in [0.4, 0.5) is 5.13 Å². The van der Waals surface area contributed by atoms with Crippen LogP contribution in [0.2, 0.25) is 0 Å². The third-order valence-electron chi connectivity index (χ3n) is 2.87. The normalized spacial score (nSPS) is 14.2. The molecule has 2 aromatic heterocycles. The molecule has 1 aliphatic rings. The maximum Gasteiger partial charge on any atom is 0.371 e. The van der Waals surface area contributed by atoms with Gasteiger partial charge >= 0.3 is 5.97 Å². The summed E-state index contributed by atoms with van der Waals surface area (Å²) in [5.41, 5.74) is 0.929. The molecule has 0 atom stereocenters. The van der Waals surface area contributed by atoms with Crippen molar-refractivity contribution in [2.75, 3.05) is 4.72 Å². The second-order valence-electron chi connectivity index (χ2n) is 4.27. The van der Waals surface area contributed by atoms with Gasteiger partial charge in [-0.05, 0) is 31.4 Å². The van der Waals surface area contributed by atoms with Crippen molar-refractivity contribution in [3.8, 4) is 0 Å². The van der Waals surface area contributed by atoms with Crippen LogP contribution in [-0.4, -0.2) is 24.5 Å². The molecule has 2 N–H and O–H groups in total. The molecular weight excluding hydrogens is 304 g/mol. The second kappa shape index (κ2) is 4.60. The number of aromatic carboxylic acids is 1. The number of thiazole rings is 1. The monoisotopic (exact) mass is 314 g/mol. The fraction of sp³-hybridized carbons (Fsp3) is 0.273. The van der Waals surface area contributed by atoms with E-state index < -0.39 is 26.8 Å². The van der Waals surface area contributed by atoms with Gasteiger partial charge in [-0.25, -0.2) is 9.78 Å². The molecule has 106 valence electrons. The van der Waals surface area contributed by atoms with Crippen molar-refractivity contribution in [3.05, 3.63) is 28.5 Å². The Kier molecular flexibility index (Phi) is 3.02. The molecule has 0 spiro atoms. The van der Waals surface area contributed by atoms with E-state index in [1.54, 1.807) is 0 Å². The van der Waals surface area contributed by atoms with Crippen LogP contribution in [0.3, 0.4) is 0 Å². The topological polar surface area (TPSA) is 110 Å². The number of aryl methyl sites for hydroxylation is 2. The minimum atomic E-state index is -3.95. The number of sulfonamides is 1. The van der Waals surface area contributed by atoms with Gasteiger partial charge in [-0.3, -0.25) is 4.72 Å². The SMILES string of the molecule is O=C(O)c1ccc(S(=O)(=O)Nc2nc3c(s2)CCC3)o1. The number of furan rings is 1. The zero-order valence-electron chi connectivity index (χ0n) is 10.1. The van der Waals surface area contributed by atoms with E-state index in [1.165, 1.54) is 11.3 Å². The van der Waals surface area contributed by atoms with Crippen LogP contribution in [0.15, 0.2) is 21.6 Å². The van der Waals surface area contributed by atoms with E-state index >= 15 is 0 Å². The molecule has 2 aromatic rings. The van der Waals surface area contributed by atoms with Crippen molar-refractivity contribution in [3.63, 3.8) is 0 Å². The van der Waals surface area contributed by atoms with Crippen molar-refractivity contribution in [1.29, 1.82) is 0 Å². The fourth-order valence-corrected chi connectivity index (χ4v) is 4.20. The molecule has 0 aromatic carbocycles. The molecule has 0 amide bonds. The number of rotatable bonds is 4. The number of anilines is 1. The lowest BCUT2D eigenvalue weighted by Gasteiger charge is -2.01. The summed E-state index contributed by atoms with van der Waals surface area (Å²) in [4.78, 5) is 16.0. The minimum absolute atomic E-state index is 0.281. The first-order chi connectivity index (χ1) is 9.45. The predicted octanol–water partition coefficient (Wildman–Crippen LogP) is 1.72. The third-order valence-corrected chi connectivity index (χ3v) is 5.29. The maximum absolute atomic E-state index is 12.0. The molecule has 20 heavy (non-hydrogen) atoms. The number of aromatic nitrogens is 1. The highest BCUT2D eigenvalue weighted by Gasteiger charge is 2.24. The Morgan fingerprint density at radius 2 is 2.20 bits per heavy atom. The molecule has 9 heteroatoms. The van der Waals surface area contributed by atoms with E-state index in [-0.39, 0.29) is 5.13 Å². The minimum Gasteiger partial charge on any atom is -0.475 e. The van der Waals surface area contributed by atoms with Gasteiger partial charge in [0.25, 0.3) is 10.0 Å². The van der Waals surface area contributed by atoms with Gasteiger partial charge in [0, 0.05) is 4.88 Å². The van der Waals surface area contributed by atoms with E-state index in [0.717, 1.165) is 42.0 Å². The Bertz CT molecular complexity index is 753. The van der Waals surface area contributed by atoms with E-state index in [2.05, 4.69) is 9.71 Å². The second-order valence-corrected chi connectivity index (χ2v) is 6.97. The summed E-state index contributed by atoms with van der Waals surface area (Å²) in [6.45, 7) is 0. The Morgan fingerprint density at radius 3 is 2.85 bits per heavy atom. The summed E-state index contributed by atoms with van der Waals surface area (Å²) >= 11 is 1.30.